The van der Waals surface area contributed by atoms with Gasteiger partial charge in [-0.3, -0.25) is 4.79 Å². The van der Waals surface area contributed by atoms with E-state index in [9.17, 15) is 4.79 Å². The first-order valence-electron chi connectivity index (χ1n) is 7.66. The molecule has 0 fully saturated rings. The van der Waals surface area contributed by atoms with Crippen molar-refractivity contribution >= 4 is 34.1 Å². The average molecular weight is 374 g/mol. The van der Waals surface area contributed by atoms with E-state index >= 15 is 0 Å². The molecule has 0 radical (unpaired) electrons. The third-order valence-corrected chi connectivity index (χ3v) is 4.69. The minimum absolute atomic E-state index is 0.195. The van der Waals surface area contributed by atoms with Crippen molar-refractivity contribution in [3.05, 3.63) is 74.3 Å². The first-order chi connectivity index (χ1) is 12.1. The number of hydrogen-bond acceptors (Lipinski definition) is 5. The fourth-order valence-corrected chi connectivity index (χ4v) is 3.50. The van der Waals surface area contributed by atoms with E-state index in [1.165, 1.54) is 9.79 Å². The summed E-state index contributed by atoms with van der Waals surface area (Å²) in [5.74, 6) is 0.527. The molecule has 0 saturated heterocycles. The van der Waals surface area contributed by atoms with Crippen LogP contribution < -0.4 is 10.7 Å². The lowest BCUT2D eigenvalue weighted by Gasteiger charge is -2.25. The van der Waals surface area contributed by atoms with Gasteiger partial charge in [0.15, 0.2) is 0 Å². The largest absolute Gasteiger partial charge is 0.281 e. The van der Waals surface area contributed by atoms with Crippen LogP contribution in [0.5, 0.6) is 0 Å². The number of fused-ring (bicyclic) bond motifs is 1. The molecule has 0 spiro atoms. The van der Waals surface area contributed by atoms with Crippen molar-refractivity contribution < 1.29 is 0 Å². The van der Waals surface area contributed by atoms with Crippen LogP contribution in [-0.4, -0.2) is 16.2 Å². The number of rotatable bonds is 2. The van der Waals surface area contributed by atoms with Gasteiger partial charge < -0.3 is 0 Å². The van der Waals surface area contributed by atoms with E-state index in [-0.39, 0.29) is 11.6 Å². The van der Waals surface area contributed by atoms with E-state index in [1.54, 1.807) is 25.1 Å². The summed E-state index contributed by atoms with van der Waals surface area (Å²) in [5.41, 5.74) is 1.26. The molecule has 2 aromatic carbocycles. The summed E-state index contributed by atoms with van der Waals surface area (Å²) in [7, 11) is 0. The van der Waals surface area contributed by atoms with Crippen LogP contribution in [0.2, 0.25) is 10.0 Å². The Hall–Kier alpha value is -2.44. The van der Waals surface area contributed by atoms with Gasteiger partial charge in [-0.1, -0.05) is 46.6 Å². The van der Waals surface area contributed by atoms with Crippen molar-refractivity contribution in [2.45, 2.75) is 13.0 Å². The van der Waals surface area contributed by atoms with E-state index in [4.69, 9.17) is 23.2 Å². The highest BCUT2D eigenvalue weighted by Gasteiger charge is 2.30. The average Bonchev–Trinajstić information content (AvgIpc) is 3.04. The van der Waals surface area contributed by atoms with Crippen molar-refractivity contribution in [3.63, 3.8) is 0 Å². The van der Waals surface area contributed by atoms with Gasteiger partial charge in [0.2, 0.25) is 0 Å². The molecule has 1 aliphatic heterocycles. The van der Waals surface area contributed by atoms with Crippen LogP contribution in [0.15, 0.2) is 57.6 Å². The van der Waals surface area contributed by atoms with Crippen LogP contribution in [0.25, 0.3) is 10.9 Å². The number of benzene rings is 2. The minimum Gasteiger partial charge on any atom is -0.267 e. The van der Waals surface area contributed by atoms with Gasteiger partial charge in [0.25, 0.3) is 5.56 Å². The zero-order valence-corrected chi connectivity index (χ0v) is 14.7. The third kappa shape index (κ3) is 2.67. The van der Waals surface area contributed by atoms with Gasteiger partial charge >= 0.3 is 0 Å². The van der Waals surface area contributed by atoms with E-state index < -0.39 is 0 Å². The van der Waals surface area contributed by atoms with Crippen molar-refractivity contribution in [2.75, 3.05) is 11.7 Å². The summed E-state index contributed by atoms with van der Waals surface area (Å²) in [6, 6.07) is 12.2. The zero-order valence-electron chi connectivity index (χ0n) is 13.2. The molecule has 1 aliphatic rings. The standard InChI is InChI=1S/C17H13Cl2N5O/c1-10-21-15-5-3-2-4-13(15)17(25)23(10)24-16(9-20-22-24)12-7-6-11(18)8-14(12)19/h2-8,16H,9H2,1H3. The van der Waals surface area contributed by atoms with Crippen molar-refractivity contribution in [2.24, 2.45) is 10.3 Å². The number of halogens is 2. The second-order valence-electron chi connectivity index (χ2n) is 5.71. The lowest BCUT2D eigenvalue weighted by molar-refractivity contribution is 0.519. The van der Waals surface area contributed by atoms with Crippen LogP contribution in [0.4, 0.5) is 0 Å². The van der Waals surface area contributed by atoms with Crippen LogP contribution in [-0.2, 0) is 0 Å². The number of aryl methyl sites for hydroxylation is 1. The van der Waals surface area contributed by atoms with Gasteiger partial charge in [-0.2, -0.15) is 14.9 Å². The molecule has 25 heavy (non-hydrogen) atoms. The van der Waals surface area contributed by atoms with Crippen LogP contribution in [0.3, 0.4) is 0 Å². The van der Waals surface area contributed by atoms with Crippen LogP contribution in [0.1, 0.15) is 17.4 Å². The number of para-hydroxylation sites is 1. The van der Waals surface area contributed by atoms with Gasteiger partial charge in [0.1, 0.15) is 11.9 Å². The maximum atomic E-state index is 13.0. The summed E-state index contributed by atoms with van der Waals surface area (Å²) in [4.78, 5) is 17.5. The highest BCUT2D eigenvalue weighted by atomic mass is 35.5. The third-order valence-electron chi connectivity index (χ3n) is 4.13. The van der Waals surface area contributed by atoms with Gasteiger partial charge in [-0.05, 0) is 36.8 Å². The Labute approximate surface area is 153 Å². The van der Waals surface area contributed by atoms with Gasteiger partial charge in [0, 0.05) is 10.0 Å². The number of aromatic nitrogens is 2. The van der Waals surface area contributed by atoms with Crippen molar-refractivity contribution in [1.29, 1.82) is 0 Å². The highest BCUT2D eigenvalue weighted by molar-refractivity contribution is 6.35. The van der Waals surface area contributed by atoms with E-state index in [1.807, 2.05) is 24.3 Å². The lowest BCUT2D eigenvalue weighted by atomic mass is 10.1. The second-order valence-corrected chi connectivity index (χ2v) is 6.55. The number of nitrogens with zero attached hydrogens (tertiary/aromatic N) is 5. The summed E-state index contributed by atoms with van der Waals surface area (Å²) >= 11 is 12.3. The Bertz CT molecular complexity index is 1060. The first kappa shape index (κ1) is 16.1. The fourth-order valence-electron chi connectivity index (χ4n) is 2.96. The predicted octanol–water partition coefficient (Wildman–Crippen LogP) is 4.07. The second kappa shape index (κ2) is 6.13. The Morgan fingerprint density at radius 1 is 1.16 bits per heavy atom. The molecule has 0 N–H and O–H groups in total. The molecular weight excluding hydrogens is 361 g/mol. The zero-order chi connectivity index (χ0) is 17.6. The lowest BCUT2D eigenvalue weighted by Crippen LogP contribution is -2.41. The Morgan fingerprint density at radius 3 is 2.76 bits per heavy atom. The molecule has 6 nitrogen and oxygen atoms in total. The van der Waals surface area contributed by atoms with Gasteiger partial charge in [0.05, 0.1) is 17.4 Å². The first-order valence-corrected chi connectivity index (χ1v) is 8.42. The Kier molecular flexibility index (Phi) is 3.94. The van der Waals surface area contributed by atoms with E-state index in [0.717, 1.165) is 5.56 Å². The summed E-state index contributed by atoms with van der Waals surface area (Å²) < 4.78 is 1.44. The molecule has 0 amide bonds. The fraction of sp³-hybridized carbons (Fsp3) is 0.176. The molecule has 2 heterocycles. The van der Waals surface area contributed by atoms with Crippen molar-refractivity contribution in [1.82, 2.24) is 9.66 Å². The van der Waals surface area contributed by atoms with E-state index in [2.05, 4.69) is 15.3 Å². The van der Waals surface area contributed by atoms with Gasteiger partial charge in [-0.25, -0.2) is 4.98 Å². The molecule has 126 valence electrons. The molecule has 0 aliphatic carbocycles. The molecule has 4 rings (SSSR count). The van der Waals surface area contributed by atoms with Crippen LogP contribution >= 0.6 is 23.2 Å². The number of hydrogen-bond donors (Lipinski definition) is 0. The SMILES string of the molecule is Cc1nc2ccccc2c(=O)n1N1N=NCC1c1ccc(Cl)cc1Cl. The predicted molar refractivity (Wildman–Crippen MR) is 97.9 cm³/mol. The Morgan fingerprint density at radius 2 is 1.96 bits per heavy atom. The molecule has 8 heteroatoms. The smallest absolute Gasteiger partial charge is 0.267 e. The molecule has 1 atom stereocenters. The van der Waals surface area contributed by atoms with Crippen molar-refractivity contribution in [3.8, 4) is 0 Å². The Balaban J connectivity index is 1.87. The quantitative estimate of drug-likeness (QED) is 0.679. The molecule has 3 aromatic rings. The summed E-state index contributed by atoms with van der Waals surface area (Å²) in [6.07, 6.45) is 0. The normalized spacial score (nSPS) is 16.8. The molecule has 0 saturated carbocycles. The summed E-state index contributed by atoms with van der Waals surface area (Å²) in [6.45, 7) is 2.16. The molecule has 1 aromatic heterocycles. The maximum Gasteiger partial charge on any atom is 0.281 e. The maximum absolute atomic E-state index is 13.0. The molecule has 1 unspecified atom stereocenters. The molecule has 0 bridgehead atoms. The van der Waals surface area contributed by atoms with E-state index in [0.29, 0.717) is 33.3 Å². The van der Waals surface area contributed by atoms with Crippen LogP contribution in [0, 0.1) is 6.92 Å². The minimum atomic E-state index is -0.302. The molecular formula is C17H13Cl2N5O. The highest BCUT2D eigenvalue weighted by Crippen LogP contribution is 2.32. The topological polar surface area (TPSA) is 62.9 Å². The monoisotopic (exact) mass is 373 g/mol. The van der Waals surface area contributed by atoms with Gasteiger partial charge in [-0.15, -0.1) is 0 Å². The summed E-state index contributed by atoms with van der Waals surface area (Å²) in [5, 5.41) is 11.4.